The first-order valence-electron chi connectivity index (χ1n) is 7.04. The van der Waals surface area contributed by atoms with Gasteiger partial charge < -0.3 is 14.2 Å². The highest BCUT2D eigenvalue weighted by molar-refractivity contribution is 5.93. The number of carbonyl (C=O) groups excluding carboxylic acids is 2. The topological polar surface area (TPSA) is 51.5 Å². The average Bonchev–Trinajstić information content (AvgIpc) is 2.79. The Kier molecular flexibility index (Phi) is 4.47. The van der Waals surface area contributed by atoms with Gasteiger partial charge in [-0.3, -0.25) is 9.59 Å². The van der Waals surface area contributed by atoms with Crippen LogP contribution < -0.4 is 0 Å². The van der Waals surface area contributed by atoms with Gasteiger partial charge in [-0.1, -0.05) is 0 Å². The smallest absolute Gasteiger partial charge is 0.307 e. The lowest BCUT2D eigenvalue weighted by Gasteiger charge is -2.35. The number of methoxy groups -OCH3 is 1. The summed E-state index contributed by atoms with van der Waals surface area (Å²) in [5.41, 5.74) is 1.73. The van der Waals surface area contributed by atoms with Crippen molar-refractivity contribution in [3.05, 3.63) is 23.5 Å². The van der Waals surface area contributed by atoms with Crippen molar-refractivity contribution in [2.45, 2.75) is 38.6 Å². The Morgan fingerprint density at radius 3 is 2.70 bits per heavy atom. The van der Waals surface area contributed by atoms with E-state index in [0.29, 0.717) is 12.2 Å². The van der Waals surface area contributed by atoms with Crippen LogP contribution in [0.4, 0.5) is 0 Å². The highest BCUT2D eigenvalue weighted by Gasteiger charge is 2.30. The monoisotopic (exact) mass is 278 g/mol. The predicted molar refractivity (Wildman–Crippen MR) is 75.5 cm³/mol. The van der Waals surface area contributed by atoms with Crippen LogP contribution in [0.15, 0.2) is 12.1 Å². The quantitative estimate of drug-likeness (QED) is 0.793. The van der Waals surface area contributed by atoms with Crippen LogP contribution in [0, 0.1) is 6.92 Å². The predicted octanol–water partition coefficient (Wildman–Crippen LogP) is 1.89. The van der Waals surface area contributed by atoms with Crippen LogP contribution in [0.25, 0.3) is 0 Å². The molecule has 1 aromatic heterocycles. The molecule has 1 aromatic rings. The minimum absolute atomic E-state index is 0.00852. The van der Waals surface area contributed by atoms with E-state index in [4.69, 9.17) is 4.74 Å². The van der Waals surface area contributed by atoms with E-state index in [1.165, 1.54) is 7.11 Å². The number of likely N-dealkylation sites (tertiary alicyclic amines) is 1. The van der Waals surface area contributed by atoms with Crippen molar-refractivity contribution >= 4 is 11.9 Å². The number of amides is 1. The Bertz CT molecular complexity index is 507. The molecule has 0 bridgehead atoms. The maximum Gasteiger partial charge on any atom is 0.307 e. The average molecular weight is 278 g/mol. The normalized spacial score (nSPS) is 18.9. The zero-order valence-corrected chi connectivity index (χ0v) is 12.4. The van der Waals surface area contributed by atoms with E-state index in [9.17, 15) is 9.59 Å². The number of hydrogen-bond acceptors (Lipinski definition) is 3. The summed E-state index contributed by atoms with van der Waals surface area (Å²) in [5.74, 6) is -0.244. The lowest BCUT2D eigenvalue weighted by atomic mass is 9.99. The van der Waals surface area contributed by atoms with Gasteiger partial charge in [0.05, 0.1) is 13.5 Å². The van der Waals surface area contributed by atoms with Crippen molar-refractivity contribution in [1.82, 2.24) is 9.47 Å². The van der Waals surface area contributed by atoms with Gasteiger partial charge in [0.15, 0.2) is 0 Å². The molecule has 1 aliphatic heterocycles. The molecule has 0 N–H and O–H groups in total. The fourth-order valence-electron chi connectivity index (χ4n) is 2.73. The highest BCUT2D eigenvalue weighted by atomic mass is 16.5. The number of piperidine rings is 1. The Labute approximate surface area is 119 Å². The molecule has 0 saturated carbocycles. The molecule has 1 saturated heterocycles. The third-order valence-electron chi connectivity index (χ3n) is 4.11. The maximum absolute atomic E-state index is 12.7. The first kappa shape index (κ1) is 14.6. The summed E-state index contributed by atoms with van der Waals surface area (Å²) >= 11 is 0. The number of ether oxygens (including phenoxy) is 1. The SMILES string of the molecule is COC(=O)CC1CCCCN1C(=O)c1ccc(C)n1C. The number of esters is 1. The molecule has 5 nitrogen and oxygen atoms in total. The molecule has 0 aliphatic carbocycles. The van der Waals surface area contributed by atoms with Gasteiger partial charge in [-0.15, -0.1) is 0 Å². The number of aryl methyl sites for hydroxylation is 1. The zero-order chi connectivity index (χ0) is 14.7. The third kappa shape index (κ3) is 2.86. The summed E-state index contributed by atoms with van der Waals surface area (Å²) in [7, 11) is 3.28. The molecule has 110 valence electrons. The van der Waals surface area contributed by atoms with E-state index >= 15 is 0 Å². The number of nitrogens with zero attached hydrogens (tertiary/aromatic N) is 2. The molecule has 0 spiro atoms. The lowest BCUT2D eigenvalue weighted by molar-refractivity contribution is -0.142. The van der Waals surface area contributed by atoms with Gasteiger partial charge in [-0.25, -0.2) is 0 Å². The van der Waals surface area contributed by atoms with E-state index in [2.05, 4.69) is 0 Å². The van der Waals surface area contributed by atoms with Crippen LogP contribution in [0.3, 0.4) is 0 Å². The Hall–Kier alpha value is -1.78. The second-order valence-electron chi connectivity index (χ2n) is 5.35. The molecular weight excluding hydrogens is 256 g/mol. The standard InChI is InChI=1S/C15H22N2O3/c1-11-7-8-13(16(11)2)15(19)17-9-5-4-6-12(17)10-14(18)20-3/h7-8,12H,4-6,9-10H2,1-3H3. The van der Waals surface area contributed by atoms with Crippen LogP contribution in [-0.4, -0.2) is 41.0 Å². The molecule has 1 aliphatic rings. The van der Waals surface area contributed by atoms with Crippen LogP contribution in [-0.2, 0) is 16.6 Å². The first-order chi connectivity index (χ1) is 9.54. The summed E-state index contributed by atoms with van der Waals surface area (Å²) in [6.45, 7) is 2.68. The van der Waals surface area contributed by atoms with Gasteiger partial charge in [-0.05, 0) is 38.3 Å². The Balaban J connectivity index is 2.17. The molecule has 1 amide bonds. The van der Waals surface area contributed by atoms with Crippen LogP contribution in [0.2, 0.25) is 0 Å². The molecule has 5 heteroatoms. The number of rotatable bonds is 3. The molecule has 1 unspecified atom stereocenters. The molecule has 2 rings (SSSR count). The van der Waals surface area contributed by atoms with E-state index < -0.39 is 0 Å². The van der Waals surface area contributed by atoms with Crippen molar-refractivity contribution in [2.75, 3.05) is 13.7 Å². The lowest BCUT2D eigenvalue weighted by Crippen LogP contribution is -2.45. The van der Waals surface area contributed by atoms with Gasteiger partial charge in [0.1, 0.15) is 5.69 Å². The number of carbonyl (C=O) groups is 2. The zero-order valence-electron chi connectivity index (χ0n) is 12.4. The van der Waals surface area contributed by atoms with Gasteiger partial charge in [-0.2, -0.15) is 0 Å². The van der Waals surface area contributed by atoms with Crippen LogP contribution in [0.5, 0.6) is 0 Å². The molecule has 2 heterocycles. The summed E-state index contributed by atoms with van der Waals surface area (Å²) in [4.78, 5) is 26.0. The van der Waals surface area contributed by atoms with E-state index in [0.717, 1.165) is 25.0 Å². The maximum atomic E-state index is 12.7. The van der Waals surface area contributed by atoms with Gasteiger partial charge in [0, 0.05) is 25.3 Å². The largest absolute Gasteiger partial charge is 0.469 e. The number of hydrogen-bond donors (Lipinski definition) is 0. The fraction of sp³-hybridized carbons (Fsp3) is 0.600. The summed E-state index contributed by atoms with van der Waals surface area (Å²) in [5, 5.41) is 0. The fourth-order valence-corrected chi connectivity index (χ4v) is 2.73. The van der Waals surface area contributed by atoms with E-state index in [-0.39, 0.29) is 24.3 Å². The van der Waals surface area contributed by atoms with Crippen molar-refractivity contribution < 1.29 is 14.3 Å². The third-order valence-corrected chi connectivity index (χ3v) is 4.11. The minimum Gasteiger partial charge on any atom is -0.469 e. The minimum atomic E-state index is -0.252. The highest BCUT2D eigenvalue weighted by Crippen LogP contribution is 2.23. The summed E-state index contributed by atoms with van der Waals surface area (Å²) in [6.07, 6.45) is 3.19. The molecule has 1 fully saturated rings. The van der Waals surface area contributed by atoms with Gasteiger partial charge in [0.25, 0.3) is 5.91 Å². The van der Waals surface area contributed by atoms with Gasteiger partial charge in [0.2, 0.25) is 0 Å². The van der Waals surface area contributed by atoms with Crippen LogP contribution in [0.1, 0.15) is 41.9 Å². The van der Waals surface area contributed by atoms with Crippen LogP contribution >= 0.6 is 0 Å². The Morgan fingerprint density at radius 1 is 1.35 bits per heavy atom. The summed E-state index contributed by atoms with van der Waals surface area (Å²) < 4.78 is 6.63. The van der Waals surface area contributed by atoms with Crippen molar-refractivity contribution in [3.63, 3.8) is 0 Å². The Morgan fingerprint density at radius 2 is 2.10 bits per heavy atom. The molecule has 0 radical (unpaired) electrons. The second-order valence-corrected chi connectivity index (χ2v) is 5.35. The molecule has 1 atom stereocenters. The second kappa shape index (κ2) is 6.11. The van der Waals surface area contributed by atoms with Crippen molar-refractivity contribution in [3.8, 4) is 0 Å². The van der Waals surface area contributed by atoms with Crippen molar-refractivity contribution in [2.24, 2.45) is 7.05 Å². The summed E-state index contributed by atoms with van der Waals surface area (Å²) in [6, 6.07) is 3.74. The number of aromatic nitrogens is 1. The first-order valence-corrected chi connectivity index (χ1v) is 7.04. The molecular formula is C15H22N2O3. The molecule has 0 aromatic carbocycles. The van der Waals surface area contributed by atoms with Gasteiger partial charge >= 0.3 is 5.97 Å². The van der Waals surface area contributed by atoms with Crippen molar-refractivity contribution in [1.29, 1.82) is 0 Å². The van der Waals surface area contributed by atoms with E-state index in [1.54, 1.807) is 0 Å². The molecule has 20 heavy (non-hydrogen) atoms. The van der Waals surface area contributed by atoms with E-state index in [1.807, 2.05) is 35.6 Å².